The Bertz CT molecular complexity index is 559. The number of nitrogens with zero attached hydrogens (tertiary/aromatic N) is 1. The maximum atomic E-state index is 12.5. The summed E-state index contributed by atoms with van der Waals surface area (Å²) in [5.41, 5.74) is 0.137. The van der Waals surface area contributed by atoms with Crippen LogP contribution < -0.4 is 4.74 Å². The van der Waals surface area contributed by atoms with E-state index < -0.39 is 5.60 Å². The predicted molar refractivity (Wildman–Crippen MR) is 87.9 cm³/mol. The van der Waals surface area contributed by atoms with Gasteiger partial charge in [-0.2, -0.15) is 0 Å². The van der Waals surface area contributed by atoms with Crippen LogP contribution in [0, 0.1) is 5.92 Å². The van der Waals surface area contributed by atoms with E-state index in [0.29, 0.717) is 31.7 Å². The molecular weight excluding hydrogens is 294 g/mol. The highest BCUT2D eigenvalue weighted by atomic mass is 16.6. The van der Waals surface area contributed by atoms with E-state index in [-0.39, 0.29) is 17.8 Å². The number of Topliss-reactive ketones (excluding diaryl/α,β-unsaturated/α-hetero) is 1. The molecule has 1 heterocycles. The van der Waals surface area contributed by atoms with Gasteiger partial charge >= 0.3 is 6.09 Å². The zero-order valence-corrected chi connectivity index (χ0v) is 14.3. The fourth-order valence-corrected chi connectivity index (χ4v) is 2.58. The SMILES string of the molecule is CCOc1ccc(C(=O)C2CCN(C(=O)OC(C)(C)C)C2)cc1. The van der Waals surface area contributed by atoms with E-state index in [4.69, 9.17) is 9.47 Å². The number of carbonyl (C=O) groups excluding carboxylic acids is 2. The van der Waals surface area contributed by atoms with Gasteiger partial charge < -0.3 is 14.4 Å². The molecule has 0 aliphatic carbocycles. The van der Waals surface area contributed by atoms with Crippen molar-refractivity contribution in [1.82, 2.24) is 4.90 Å². The number of carbonyl (C=O) groups is 2. The first kappa shape index (κ1) is 17.3. The quantitative estimate of drug-likeness (QED) is 0.797. The number of hydrogen-bond donors (Lipinski definition) is 0. The average Bonchev–Trinajstić information content (AvgIpc) is 2.96. The maximum absolute atomic E-state index is 12.5. The summed E-state index contributed by atoms with van der Waals surface area (Å²) in [7, 11) is 0. The van der Waals surface area contributed by atoms with Gasteiger partial charge in [0, 0.05) is 24.6 Å². The van der Waals surface area contributed by atoms with E-state index in [2.05, 4.69) is 0 Å². The van der Waals surface area contributed by atoms with Crippen LogP contribution in [0.1, 0.15) is 44.5 Å². The minimum absolute atomic E-state index is 0.0686. The summed E-state index contributed by atoms with van der Waals surface area (Å²) < 4.78 is 10.7. The fraction of sp³-hybridized carbons (Fsp3) is 0.556. The normalized spacial score (nSPS) is 17.9. The Balaban J connectivity index is 1.95. The molecule has 0 spiro atoms. The molecular formula is C18H25NO4. The summed E-state index contributed by atoms with van der Waals surface area (Å²) in [6.07, 6.45) is 0.324. The van der Waals surface area contributed by atoms with Gasteiger partial charge in [-0.15, -0.1) is 0 Å². The summed E-state index contributed by atoms with van der Waals surface area (Å²) in [5.74, 6) is 0.658. The average molecular weight is 319 g/mol. The number of ketones is 1. The molecule has 23 heavy (non-hydrogen) atoms. The van der Waals surface area contributed by atoms with Crippen molar-refractivity contribution in [1.29, 1.82) is 0 Å². The first-order chi connectivity index (χ1) is 10.8. The standard InChI is InChI=1S/C18H25NO4/c1-5-22-15-8-6-13(7-9-15)16(20)14-10-11-19(12-14)17(21)23-18(2,3)4/h6-9,14H,5,10-12H2,1-4H3. The Kier molecular flexibility index (Phi) is 5.29. The number of rotatable bonds is 4. The van der Waals surface area contributed by atoms with Crippen LogP contribution in [0.25, 0.3) is 0 Å². The highest BCUT2D eigenvalue weighted by Crippen LogP contribution is 2.24. The van der Waals surface area contributed by atoms with E-state index in [1.54, 1.807) is 29.2 Å². The van der Waals surface area contributed by atoms with Gasteiger partial charge in [0.1, 0.15) is 11.4 Å². The van der Waals surface area contributed by atoms with Crippen LogP contribution in [0.4, 0.5) is 4.79 Å². The second kappa shape index (κ2) is 7.02. The Morgan fingerprint density at radius 3 is 2.43 bits per heavy atom. The lowest BCUT2D eigenvalue weighted by molar-refractivity contribution is 0.0289. The van der Waals surface area contributed by atoms with Crippen molar-refractivity contribution < 1.29 is 19.1 Å². The van der Waals surface area contributed by atoms with Crippen LogP contribution in [-0.4, -0.2) is 42.1 Å². The van der Waals surface area contributed by atoms with Crippen molar-refractivity contribution in [2.45, 2.75) is 39.7 Å². The third kappa shape index (κ3) is 4.71. The lowest BCUT2D eigenvalue weighted by atomic mass is 9.97. The zero-order valence-electron chi connectivity index (χ0n) is 14.3. The van der Waals surface area contributed by atoms with Gasteiger partial charge in [0.15, 0.2) is 5.78 Å². The van der Waals surface area contributed by atoms with E-state index in [1.165, 1.54) is 0 Å². The summed E-state index contributed by atoms with van der Waals surface area (Å²) in [4.78, 5) is 26.2. The summed E-state index contributed by atoms with van der Waals surface area (Å²) in [6, 6.07) is 7.17. The number of benzene rings is 1. The molecule has 0 N–H and O–H groups in total. The Morgan fingerprint density at radius 1 is 1.22 bits per heavy atom. The highest BCUT2D eigenvalue weighted by Gasteiger charge is 2.33. The third-order valence-electron chi connectivity index (χ3n) is 3.66. The second-order valence-electron chi connectivity index (χ2n) is 6.73. The van der Waals surface area contributed by atoms with Crippen molar-refractivity contribution in [3.05, 3.63) is 29.8 Å². The molecule has 1 aromatic rings. The first-order valence-corrected chi connectivity index (χ1v) is 8.05. The van der Waals surface area contributed by atoms with Gasteiger partial charge in [-0.1, -0.05) is 0 Å². The maximum Gasteiger partial charge on any atom is 0.410 e. The molecule has 126 valence electrons. The first-order valence-electron chi connectivity index (χ1n) is 8.05. The Labute approximate surface area is 137 Å². The van der Waals surface area contributed by atoms with Crippen molar-refractivity contribution in [2.75, 3.05) is 19.7 Å². The fourth-order valence-electron chi connectivity index (χ4n) is 2.58. The Hall–Kier alpha value is -2.04. The minimum Gasteiger partial charge on any atom is -0.494 e. The van der Waals surface area contributed by atoms with Crippen LogP contribution in [0.15, 0.2) is 24.3 Å². The molecule has 1 aliphatic rings. The van der Waals surface area contributed by atoms with Crippen molar-refractivity contribution in [2.24, 2.45) is 5.92 Å². The molecule has 0 aromatic heterocycles. The molecule has 1 atom stereocenters. The number of likely N-dealkylation sites (tertiary alicyclic amines) is 1. The molecule has 0 radical (unpaired) electrons. The smallest absolute Gasteiger partial charge is 0.410 e. The molecule has 0 saturated carbocycles. The van der Waals surface area contributed by atoms with Crippen LogP contribution in [0.3, 0.4) is 0 Å². The molecule has 5 heteroatoms. The van der Waals surface area contributed by atoms with E-state index >= 15 is 0 Å². The molecule has 0 bridgehead atoms. The molecule has 1 amide bonds. The van der Waals surface area contributed by atoms with E-state index in [1.807, 2.05) is 27.7 Å². The molecule has 2 rings (SSSR count). The Morgan fingerprint density at radius 2 is 1.87 bits per heavy atom. The van der Waals surface area contributed by atoms with Gasteiger partial charge in [-0.3, -0.25) is 4.79 Å². The lowest BCUT2D eigenvalue weighted by Gasteiger charge is -2.24. The van der Waals surface area contributed by atoms with Crippen molar-refractivity contribution >= 4 is 11.9 Å². The molecule has 1 saturated heterocycles. The summed E-state index contributed by atoms with van der Waals surface area (Å²) in [5, 5.41) is 0. The molecule has 5 nitrogen and oxygen atoms in total. The van der Waals surface area contributed by atoms with Crippen molar-refractivity contribution in [3.63, 3.8) is 0 Å². The zero-order chi connectivity index (χ0) is 17.0. The second-order valence-corrected chi connectivity index (χ2v) is 6.73. The van der Waals surface area contributed by atoms with Gasteiger partial charge in [0.25, 0.3) is 0 Å². The molecule has 1 aliphatic heterocycles. The van der Waals surface area contributed by atoms with Crippen LogP contribution >= 0.6 is 0 Å². The lowest BCUT2D eigenvalue weighted by Crippen LogP contribution is -2.35. The minimum atomic E-state index is -0.520. The van der Waals surface area contributed by atoms with Gasteiger partial charge in [-0.25, -0.2) is 4.79 Å². The van der Waals surface area contributed by atoms with Crippen LogP contribution in [0.2, 0.25) is 0 Å². The number of hydrogen-bond acceptors (Lipinski definition) is 4. The monoisotopic (exact) mass is 319 g/mol. The van der Waals surface area contributed by atoms with E-state index in [9.17, 15) is 9.59 Å². The molecule has 1 aromatic carbocycles. The molecule has 1 unspecified atom stereocenters. The molecule has 1 fully saturated rings. The summed E-state index contributed by atoms with van der Waals surface area (Å²) in [6.45, 7) is 9.00. The van der Waals surface area contributed by atoms with Crippen molar-refractivity contribution in [3.8, 4) is 5.75 Å². The summed E-state index contributed by atoms with van der Waals surface area (Å²) >= 11 is 0. The highest BCUT2D eigenvalue weighted by molar-refractivity contribution is 5.98. The topological polar surface area (TPSA) is 55.8 Å². The number of amides is 1. The van der Waals surface area contributed by atoms with Gasteiger partial charge in [0.2, 0.25) is 0 Å². The predicted octanol–water partition coefficient (Wildman–Crippen LogP) is 3.53. The van der Waals surface area contributed by atoms with Gasteiger partial charge in [-0.05, 0) is 58.4 Å². The largest absolute Gasteiger partial charge is 0.494 e. The third-order valence-corrected chi connectivity index (χ3v) is 3.66. The van der Waals surface area contributed by atoms with Crippen LogP contribution in [-0.2, 0) is 4.74 Å². The number of ether oxygens (including phenoxy) is 2. The van der Waals surface area contributed by atoms with E-state index in [0.717, 1.165) is 5.75 Å². The van der Waals surface area contributed by atoms with Crippen LogP contribution in [0.5, 0.6) is 5.75 Å². The van der Waals surface area contributed by atoms with Gasteiger partial charge in [0.05, 0.1) is 6.61 Å².